The molecule has 0 aromatic heterocycles. The number of carbonyl (C=O) groups excluding carboxylic acids is 1. The van der Waals surface area contributed by atoms with Crippen molar-refractivity contribution in [3.8, 4) is 0 Å². The van der Waals surface area contributed by atoms with Crippen molar-refractivity contribution in [3.63, 3.8) is 0 Å². The second-order valence-corrected chi connectivity index (χ2v) is 3.53. The molecule has 0 aliphatic heterocycles. The number of primary amides is 1. The van der Waals surface area contributed by atoms with Gasteiger partial charge in [0.25, 0.3) is 0 Å². The lowest BCUT2D eigenvalue weighted by Gasteiger charge is -2.20. The highest BCUT2D eigenvalue weighted by atomic mass is 16.4. The number of carboxylic acid groups (broad SMARTS) is 1. The van der Waals surface area contributed by atoms with Gasteiger partial charge in [0.2, 0.25) is 5.91 Å². The Kier molecular flexibility index (Phi) is 5.92. The minimum absolute atomic E-state index is 0.145. The maximum Gasteiger partial charge on any atom is 0.306 e. The van der Waals surface area contributed by atoms with Crippen LogP contribution in [0, 0.1) is 11.8 Å². The molecule has 0 spiro atoms. The molecule has 0 aromatic rings. The van der Waals surface area contributed by atoms with Crippen LogP contribution in [-0.4, -0.2) is 17.0 Å². The van der Waals surface area contributed by atoms with E-state index in [1.54, 1.807) is 0 Å². The second-order valence-electron chi connectivity index (χ2n) is 3.53. The Morgan fingerprint density at radius 2 is 1.79 bits per heavy atom. The summed E-state index contributed by atoms with van der Waals surface area (Å²) < 4.78 is 0. The van der Waals surface area contributed by atoms with E-state index in [-0.39, 0.29) is 12.3 Å². The van der Waals surface area contributed by atoms with Crippen LogP contribution in [0.2, 0.25) is 0 Å². The highest BCUT2D eigenvalue weighted by molar-refractivity contribution is 5.75. The number of hydrogen-bond donors (Lipinski definition) is 2. The summed E-state index contributed by atoms with van der Waals surface area (Å²) in [6.07, 6.45) is 2.17. The summed E-state index contributed by atoms with van der Waals surface area (Å²) in [5, 5.41) is 8.97. The summed E-state index contributed by atoms with van der Waals surface area (Å²) in [5.41, 5.74) is 4.99. The molecule has 82 valence electrons. The van der Waals surface area contributed by atoms with E-state index >= 15 is 0 Å². The van der Waals surface area contributed by atoms with Gasteiger partial charge in [-0.3, -0.25) is 9.59 Å². The zero-order valence-electron chi connectivity index (χ0n) is 8.82. The number of nitrogens with two attached hydrogens (primary N) is 1. The fraction of sp³-hybridized carbons (Fsp3) is 0.800. The average Bonchev–Trinajstić information content (AvgIpc) is 2.11. The molecule has 0 fully saturated rings. The lowest BCUT2D eigenvalue weighted by molar-refractivity contribution is -0.144. The SMILES string of the molecule is CCC(CC)[C@@H](CCC(N)=O)C(=O)O. The Morgan fingerprint density at radius 3 is 2.07 bits per heavy atom. The molecule has 0 saturated carbocycles. The Balaban J connectivity index is 4.27. The first-order chi connectivity index (χ1) is 6.52. The molecule has 14 heavy (non-hydrogen) atoms. The molecule has 0 aliphatic rings. The topological polar surface area (TPSA) is 80.4 Å². The smallest absolute Gasteiger partial charge is 0.306 e. The number of amides is 1. The monoisotopic (exact) mass is 201 g/mol. The van der Waals surface area contributed by atoms with Crippen LogP contribution in [0.25, 0.3) is 0 Å². The van der Waals surface area contributed by atoms with Crippen molar-refractivity contribution in [2.45, 2.75) is 39.5 Å². The van der Waals surface area contributed by atoms with Gasteiger partial charge in [-0.1, -0.05) is 26.7 Å². The largest absolute Gasteiger partial charge is 0.481 e. The van der Waals surface area contributed by atoms with Crippen LogP contribution in [0.3, 0.4) is 0 Å². The number of carbonyl (C=O) groups is 2. The van der Waals surface area contributed by atoms with Gasteiger partial charge in [-0.05, 0) is 12.3 Å². The standard InChI is InChI=1S/C10H19NO3/c1-3-7(4-2)8(10(13)14)5-6-9(11)12/h7-8H,3-6H2,1-2H3,(H2,11,12)(H,13,14)/t8-/m1/s1. The molecule has 4 nitrogen and oxygen atoms in total. The predicted octanol–water partition coefficient (Wildman–Crippen LogP) is 1.39. The van der Waals surface area contributed by atoms with E-state index in [1.807, 2.05) is 13.8 Å². The normalized spacial score (nSPS) is 12.8. The van der Waals surface area contributed by atoms with Crippen molar-refractivity contribution < 1.29 is 14.7 Å². The van der Waals surface area contributed by atoms with E-state index in [4.69, 9.17) is 10.8 Å². The van der Waals surface area contributed by atoms with Crippen LogP contribution in [0.15, 0.2) is 0 Å². The Morgan fingerprint density at radius 1 is 1.29 bits per heavy atom. The van der Waals surface area contributed by atoms with Crippen molar-refractivity contribution in [1.29, 1.82) is 0 Å². The first-order valence-electron chi connectivity index (χ1n) is 5.04. The van der Waals surface area contributed by atoms with Gasteiger partial charge in [-0.2, -0.15) is 0 Å². The van der Waals surface area contributed by atoms with Gasteiger partial charge in [-0.25, -0.2) is 0 Å². The van der Waals surface area contributed by atoms with E-state index in [2.05, 4.69) is 0 Å². The van der Waals surface area contributed by atoms with Crippen molar-refractivity contribution in [2.24, 2.45) is 17.6 Å². The van der Waals surface area contributed by atoms with Gasteiger partial charge in [0.05, 0.1) is 5.92 Å². The van der Waals surface area contributed by atoms with Gasteiger partial charge >= 0.3 is 5.97 Å². The fourth-order valence-electron chi connectivity index (χ4n) is 1.72. The molecule has 0 rings (SSSR count). The third-order valence-electron chi connectivity index (χ3n) is 2.64. The molecule has 0 bridgehead atoms. The summed E-state index contributed by atoms with van der Waals surface area (Å²) in [6, 6.07) is 0. The quantitative estimate of drug-likeness (QED) is 0.653. The molecule has 3 N–H and O–H groups in total. The number of carboxylic acids is 1. The van der Waals surface area contributed by atoms with Gasteiger partial charge in [0.15, 0.2) is 0 Å². The molecule has 0 aliphatic carbocycles. The zero-order valence-corrected chi connectivity index (χ0v) is 8.82. The van der Waals surface area contributed by atoms with E-state index in [1.165, 1.54) is 0 Å². The molecule has 0 radical (unpaired) electrons. The maximum atomic E-state index is 10.9. The van der Waals surface area contributed by atoms with Gasteiger partial charge in [0.1, 0.15) is 0 Å². The number of hydrogen-bond acceptors (Lipinski definition) is 2. The Hall–Kier alpha value is -1.06. The third-order valence-corrected chi connectivity index (χ3v) is 2.64. The second kappa shape index (κ2) is 6.40. The molecule has 1 amide bonds. The van der Waals surface area contributed by atoms with Crippen LogP contribution in [0.1, 0.15) is 39.5 Å². The summed E-state index contributed by atoms with van der Waals surface area (Å²) in [7, 11) is 0. The summed E-state index contributed by atoms with van der Waals surface area (Å²) in [5.74, 6) is -1.54. The predicted molar refractivity (Wildman–Crippen MR) is 53.6 cm³/mol. The van der Waals surface area contributed by atoms with Crippen LogP contribution in [0.5, 0.6) is 0 Å². The minimum atomic E-state index is -0.819. The fourth-order valence-corrected chi connectivity index (χ4v) is 1.72. The van der Waals surface area contributed by atoms with Crippen LogP contribution >= 0.6 is 0 Å². The van der Waals surface area contributed by atoms with Crippen LogP contribution in [-0.2, 0) is 9.59 Å². The summed E-state index contributed by atoms with van der Waals surface area (Å²) >= 11 is 0. The molecular weight excluding hydrogens is 182 g/mol. The highest BCUT2D eigenvalue weighted by Gasteiger charge is 2.25. The first kappa shape index (κ1) is 12.9. The Bertz CT molecular complexity index is 200. The van der Waals surface area contributed by atoms with Crippen LogP contribution < -0.4 is 5.73 Å². The minimum Gasteiger partial charge on any atom is -0.481 e. The number of rotatable bonds is 7. The Labute approximate surface area is 84.5 Å². The van der Waals surface area contributed by atoms with Crippen molar-refractivity contribution in [1.82, 2.24) is 0 Å². The zero-order chi connectivity index (χ0) is 11.1. The van der Waals surface area contributed by atoms with Gasteiger partial charge in [0, 0.05) is 6.42 Å². The molecular formula is C10H19NO3. The lowest BCUT2D eigenvalue weighted by Crippen LogP contribution is -2.25. The van der Waals surface area contributed by atoms with Crippen LogP contribution in [0.4, 0.5) is 0 Å². The van der Waals surface area contributed by atoms with Crippen molar-refractivity contribution in [3.05, 3.63) is 0 Å². The molecule has 0 heterocycles. The maximum absolute atomic E-state index is 10.9. The molecule has 1 atom stereocenters. The van der Waals surface area contributed by atoms with Crippen molar-refractivity contribution in [2.75, 3.05) is 0 Å². The van der Waals surface area contributed by atoms with Gasteiger partial charge in [-0.15, -0.1) is 0 Å². The first-order valence-corrected chi connectivity index (χ1v) is 5.04. The molecule has 0 aromatic carbocycles. The lowest BCUT2D eigenvalue weighted by atomic mass is 9.84. The van der Waals surface area contributed by atoms with E-state index in [0.717, 1.165) is 12.8 Å². The van der Waals surface area contributed by atoms with Gasteiger partial charge < -0.3 is 10.8 Å². The molecule has 4 heteroatoms. The van der Waals surface area contributed by atoms with E-state index in [0.29, 0.717) is 6.42 Å². The van der Waals surface area contributed by atoms with E-state index in [9.17, 15) is 9.59 Å². The molecule has 0 unspecified atom stereocenters. The summed E-state index contributed by atoms with van der Waals surface area (Å²) in [4.78, 5) is 21.5. The van der Waals surface area contributed by atoms with Crippen molar-refractivity contribution >= 4 is 11.9 Å². The molecule has 0 saturated heterocycles. The highest BCUT2D eigenvalue weighted by Crippen LogP contribution is 2.24. The third kappa shape index (κ3) is 4.25. The van der Waals surface area contributed by atoms with E-state index < -0.39 is 17.8 Å². The summed E-state index contributed by atoms with van der Waals surface area (Å²) in [6.45, 7) is 3.93. The number of aliphatic carboxylic acids is 1. The average molecular weight is 201 g/mol.